The molecule has 0 aliphatic heterocycles. The summed E-state index contributed by atoms with van der Waals surface area (Å²) in [7, 11) is 0. The quantitative estimate of drug-likeness (QED) is 0.869. The third-order valence-corrected chi connectivity index (χ3v) is 2.22. The minimum Gasteiger partial charge on any atom is -0.355 e. The first kappa shape index (κ1) is 13.1. The van der Waals surface area contributed by atoms with Crippen LogP contribution in [0.1, 0.15) is 12.5 Å². The van der Waals surface area contributed by atoms with Gasteiger partial charge in [0.25, 0.3) is 0 Å². The topological polar surface area (TPSA) is 52.9 Å². The number of amides is 1. The van der Waals surface area contributed by atoms with Crippen molar-refractivity contribution in [1.82, 2.24) is 5.32 Å². The van der Waals surface area contributed by atoms with Crippen LogP contribution in [0.3, 0.4) is 0 Å². The second-order valence-electron chi connectivity index (χ2n) is 3.67. The number of carbonyl (C=O) groups is 1. The van der Waals surface area contributed by atoms with Crippen LogP contribution in [-0.2, 0) is 11.2 Å². The van der Waals surface area contributed by atoms with E-state index in [9.17, 15) is 13.6 Å². The second kappa shape index (κ2) is 5.94. The van der Waals surface area contributed by atoms with Gasteiger partial charge in [-0.1, -0.05) is 0 Å². The Labute approximate surface area is 98.1 Å². The van der Waals surface area contributed by atoms with Gasteiger partial charge in [-0.15, -0.1) is 0 Å². The van der Waals surface area contributed by atoms with Gasteiger partial charge in [0.05, 0.1) is 6.07 Å². The summed E-state index contributed by atoms with van der Waals surface area (Å²) in [4.78, 5) is 11.2. The molecule has 1 rings (SSSR count). The molecule has 0 radical (unpaired) electrons. The van der Waals surface area contributed by atoms with Gasteiger partial charge in [-0.25, -0.2) is 8.78 Å². The minimum absolute atomic E-state index is 0.244. The number of rotatable bonds is 4. The zero-order valence-electron chi connectivity index (χ0n) is 9.34. The van der Waals surface area contributed by atoms with E-state index in [0.717, 1.165) is 6.07 Å². The van der Waals surface area contributed by atoms with Crippen LogP contribution in [-0.4, -0.2) is 12.5 Å². The number of hydrogen-bond acceptors (Lipinski definition) is 2. The molecule has 90 valence electrons. The molecule has 0 bridgehead atoms. The SMILES string of the molecule is CC(C#N)C(=O)NCCc1cc(F)cc(F)c1. The number of halogens is 2. The standard InChI is InChI=1S/C12H12F2N2O/c1-8(7-15)12(17)16-3-2-9-4-10(13)6-11(14)5-9/h4-6,8H,2-3H2,1H3,(H,16,17). The Balaban J connectivity index is 2.46. The van der Waals surface area contributed by atoms with E-state index in [1.165, 1.54) is 19.1 Å². The van der Waals surface area contributed by atoms with Gasteiger partial charge in [-0.05, 0) is 31.0 Å². The van der Waals surface area contributed by atoms with Crippen LogP contribution >= 0.6 is 0 Å². The summed E-state index contributed by atoms with van der Waals surface area (Å²) in [5.74, 6) is -2.39. The molecule has 17 heavy (non-hydrogen) atoms. The molecular formula is C12H12F2N2O. The van der Waals surface area contributed by atoms with Crippen LogP contribution in [0.4, 0.5) is 8.78 Å². The molecule has 3 nitrogen and oxygen atoms in total. The fourth-order valence-corrected chi connectivity index (χ4v) is 1.30. The molecule has 0 fully saturated rings. The molecule has 1 aromatic carbocycles. The van der Waals surface area contributed by atoms with Crippen molar-refractivity contribution in [2.45, 2.75) is 13.3 Å². The highest BCUT2D eigenvalue weighted by atomic mass is 19.1. The van der Waals surface area contributed by atoms with E-state index in [1.807, 2.05) is 0 Å². The van der Waals surface area contributed by atoms with E-state index in [-0.39, 0.29) is 12.5 Å². The summed E-state index contributed by atoms with van der Waals surface area (Å²) >= 11 is 0. The van der Waals surface area contributed by atoms with Crippen molar-refractivity contribution >= 4 is 5.91 Å². The van der Waals surface area contributed by atoms with Gasteiger partial charge in [-0.3, -0.25) is 4.79 Å². The van der Waals surface area contributed by atoms with E-state index < -0.39 is 17.6 Å². The average molecular weight is 238 g/mol. The van der Waals surface area contributed by atoms with Gasteiger partial charge in [0.15, 0.2) is 0 Å². The van der Waals surface area contributed by atoms with Gasteiger partial charge < -0.3 is 5.32 Å². The molecule has 1 unspecified atom stereocenters. The fourth-order valence-electron chi connectivity index (χ4n) is 1.30. The average Bonchev–Trinajstić information content (AvgIpc) is 2.26. The Morgan fingerprint density at radius 2 is 2.00 bits per heavy atom. The molecule has 0 spiro atoms. The molecule has 0 aromatic heterocycles. The monoisotopic (exact) mass is 238 g/mol. The van der Waals surface area contributed by atoms with E-state index in [0.29, 0.717) is 12.0 Å². The normalized spacial score (nSPS) is 11.6. The van der Waals surface area contributed by atoms with Crippen LogP contribution in [0.15, 0.2) is 18.2 Å². The molecule has 1 N–H and O–H groups in total. The minimum atomic E-state index is -0.723. The molecule has 1 amide bonds. The van der Waals surface area contributed by atoms with E-state index in [1.54, 1.807) is 6.07 Å². The number of hydrogen-bond donors (Lipinski definition) is 1. The van der Waals surface area contributed by atoms with Crippen molar-refractivity contribution < 1.29 is 13.6 Å². The Morgan fingerprint density at radius 3 is 2.53 bits per heavy atom. The molecule has 0 aliphatic carbocycles. The third kappa shape index (κ3) is 4.19. The maximum Gasteiger partial charge on any atom is 0.237 e. The van der Waals surface area contributed by atoms with Gasteiger partial charge in [0.1, 0.15) is 17.6 Å². The van der Waals surface area contributed by atoms with Gasteiger partial charge >= 0.3 is 0 Å². The highest BCUT2D eigenvalue weighted by Crippen LogP contribution is 2.08. The van der Waals surface area contributed by atoms with E-state index in [2.05, 4.69) is 5.32 Å². The van der Waals surface area contributed by atoms with Crippen LogP contribution in [0.25, 0.3) is 0 Å². The Kier molecular flexibility index (Phi) is 4.58. The number of carbonyl (C=O) groups excluding carboxylic acids is 1. The lowest BCUT2D eigenvalue weighted by Gasteiger charge is -2.06. The van der Waals surface area contributed by atoms with Gasteiger partial charge in [0, 0.05) is 12.6 Å². The van der Waals surface area contributed by atoms with Crippen LogP contribution in [0.2, 0.25) is 0 Å². The molecular weight excluding hydrogens is 226 g/mol. The Morgan fingerprint density at radius 1 is 1.41 bits per heavy atom. The van der Waals surface area contributed by atoms with Crippen molar-refractivity contribution in [2.24, 2.45) is 5.92 Å². The lowest BCUT2D eigenvalue weighted by atomic mass is 10.1. The number of benzene rings is 1. The van der Waals surface area contributed by atoms with Crippen molar-refractivity contribution in [1.29, 1.82) is 5.26 Å². The molecule has 0 aliphatic rings. The molecule has 1 aromatic rings. The summed E-state index contributed by atoms with van der Waals surface area (Å²) in [6.45, 7) is 1.73. The van der Waals surface area contributed by atoms with E-state index >= 15 is 0 Å². The zero-order chi connectivity index (χ0) is 12.8. The first-order chi connectivity index (χ1) is 8.02. The highest BCUT2D eigenvalue weighted by molar-refractivity contribution is 5.80. The van der Waals surface area contributed by atoms with Gasteiger partial charge in [-0.2, -0.15) is 5.26 Å². The van der Waals surface area contributed by atoms with Crippen LogP contribution < -0.4 is 5.32 Å². The lowest BCUT2D eigenvalue weighted by Crippen LogP contribution is -2.30. The van der Waals surface area contributed by atoms with Crippen LogP contribution in [0, 0.1) is 28.9 Å². The van der Waals surface area contributed by atoms with Crippen molar-refractivity contribution in [3.8, 4) is 6.07 Å². The summed E-state index contributed by atoms with van der Waals surface area (Å²) in [5, 5.41) is 11.0. The fraction of sp³-hybridized carbons (Fsp3) is 0.333. The third-order valence-electron chi connectivity index (χ3n) is 2.22. The first-order valence-corrected chi connectivity index (χ1v) is 5.15. The maximum atomic E-state index is 12.8. The summed E-state index contributed by atoms with van der Waals surface area (Å²) in [5.41, 5.74) is 0.465. The summed E-state index contributed by atoms with van der Waals surface area (Å²) < 4.78 is 25.7. The number of nitrogens with one attached hydrogen (secondary N) is 1. The molecule has 5 heteroatoms. The van der Waals surface area contributed by atoms with Crippen molar-refractivity contribution in [3.05, 3.63) is 35.4 Å². The second-order valence-corrected chi connectivity index (χ2v) is 3.67. The van der Waals surface area contributed by atoms with Gasteiger partial charge in [0.2, 0.25) is 5.91 Å². The molecule has 0 saturated heterocycles. The smallest absolute Gasteiger partial charge is 0.237 e. The zero-order valence-corrected chi connectivity index (χ0v) is 9.34. The summed E-state index contributed by atoms with van der Waals surface area (Å²) in [6, 6.07) is 5.01. The summed E-state index contributed by atoms with van der Waals surface area (Å²) in [6.07, 6.45) is 0.318. The maximum absolute atomic E-state index is 12.8. The first-order valence-electron chi connectivity index (χ1n) is 5.15. The Bertz CT molecular complexity index is 434. The van der Waals surface area contributed by atoms with Crippen LogP contribution in [0.5, 0.6) is 0 Å². The highest BCUT2D eigenvalue weighted by Gasteiger charge is 2.10. The molecule has 1 atom stereocenters. The van der Waals surface area contributed by atoms with Crippen molar-refractivity contribution in [2.75, 3.05) is 6.54 Å². The number of nitrogens with zero attached hydrogens (tertiary/aromatic N) is 1. The number of nitriles is 1. The largest absolute Gasteiger partial charge is 0.355 e. The molecule has 0 saturated carbocycles. The molecule has 0 heterocycles. The van der Waals surface area contributed by atoms with E-state index in [4.69, 9.17) is 5.26 Å². The Hall–Kier alpha value is -1.96. The predicted molar refractivity (Wildman–Crippen MR) is 57.8 cm³/mol. The van der Waals surface area contributed by atoms with Crippen molar-refractivity contribution in [3.63, 3.8) is 0 Å². The lowest BCUT2D eigenvalue weighted by molar-refractivity contribution is -0.122. The predicted octanol–water partition coefficient (Wildman–Crippen LogP) is 1.78.